The first kappa shape index (κ1) is 17.7. The second-order valence-corrected chi connectivity index (χ2v) is 5.79. The number of nitrogens with zero attached hydrogens (tertiary/aromatic N) is 2. The average molecular weight is 373 g/mol. The number of aromatic nitrogens is 2. The third kappa shape index (κ3) is 3.75. The van der Waals surface area contributed by atoms with Crippen molar-refractivity contribution in [2.75, 3.05) is 0 Å². The Bertz CT molecular complexity index is 1070. The smallest absolute Gasteiger partial charge is 0.264 e. The maximum Gasteiger partial charge on any atom is 0.264 e. The highest BCUT2D eigenvalue weighted by Gasteiger charge is 2.12. The topological polar surface area (TPSA) is 70.4 Å². The molecule has 0 atom stereocenters. The van der Waals surface area contributed by atoms with Crippen LogP contribution in [0.25, 0.3) is 5.69 Å². The molecule has 3 aromatic rings. The zero-order chi connectivity index (χ0) is 18.7. The van der Waals surface area contributed by atoms with Crippen LogP contribution in [0.1, 0.15) is 11.1 Å². The lowest BCUT2D eigenvalue weighted by Crippen LogP contribution is -2.18. The van der Waals surface area contributed by atoms with E-state index in [1.807, 2.05) is 0 Å². The highest BCUT2D eigenvalue weighted by atomic mass is 32.1. The molecule has 8 heteroatoms. The number of benzene rings is 2. The molecule has 0 aliphatic rings. The van der Waals surface area contributed by atoms with E-state index in [0.717, 1.165) is 5.56 Å². The van der Waals surface area contributed by atoms with Crippen LogP contribution in [0.15, 0.2) is 58.3 Å². The Kier molecular flexibility index (Phi) is 5.04. The average Bonchev–Trinajstić information content (AvgIpc) is 2.61. The van der Waals surface area contributed by atoms with Crippen molar-refractivity contribution in [3.63, 3.8) is 0 Å². The highest BCUT2D eigenvalue weighted by molar-refractivity contribution is 7.71. The van der Waals surface area contributed by atoms with Crippen molar-refractivity contribution in [3.05, 3.63) is 86.4 Å². The minimum Gasteiger partial charge on any atom is -0.494 e. The molecule has 1 heterocycles. The normalized spacial score (nSPS) is 11.2. The Morgan fingerprint density at radius 3 is 2.27 bits per heavy atom. The molecule has 26 heavy (non-hydrogen) atoms. The summed E-state index contributed by atoms with van der Waals surface area (Å²) in [6.45, 7) is 0.200. The van der Waals surface area contributed by atoms with Crippen molar-refractivity contribution >= 4 is 18.4 Å². The van der Waals surface area contributed by atoms with Crippen molar-refractivity contribution in [1.29, 1.82) is 0 Å². The van der Waals surface area contributed by atoms with Gasteiger partial charge in [0.05, 0.1) is 12.2 Å². The fourth-order valence-corrected chi connectivity index (χ4v) is 2.60. The van der Waals surface area contributed by atoms with Crippen LogP contribution in [0.4, 0.5) is 8.78 Å². The minimum atomic E-state index is -0.603. The third-order valence-electron chi connectivity index (χ3n) is 3.61. The van der Waals surface area contributed by atoms with E-state index in [-0.39, 0.29) is 22.7 Å². The van der Waals surface area contributed by atoms with E-state index >= 15 is 0 Å². The van der Waals surface area contributed by atoms with Crippen LogP contribution in [0.3, 0.4) is 0 Å². The van der Waals surface area contributed by atoms with Crippen LogP contribution in [-0.2, 0) is 6.54 Å². The third-order valence-corrected chi connectivity index (χ3v) is 3.90. The number of rotatable bonds is 4. The van der Waals surface area contributed by atoms with Gasteiger partial charge < -0.3 is 5.11 Å². The number of aromatic hydroxyl groups is 1. The summed E-state index contributed by atoms with van der Waals surface area (Å²) in [4.78, 5) is 18.6. The van der Waals surface area contributed by atoms with Gasteiger partial charge in [0, 0.05) is 6.21 Å². The van der Waals surface area contributed by atoms with E-state index in [0.29, 0.717) is 5.69 Å². The quantitative estimate of drug-likeness (QED) is 0.543. The van der Waals surface area contributed by atoms with Crippen LogP contribution in [0, 0.1) is 16.4 Å². The van der Waals surface area contributed by atoms with Gasteiger partial charge in [-0.3, -0.25) is 19.3 Å². The van der Waals surface area contributed by atoms with Crippen molar-refractivity contribution in [1.82, 2.24) is 9.55 Å². The van der Waals surface area contributed by atoms with Gasteiger partial charge in [0.1, 0.15) is 17.2 Å². The van der Waals surface area contributed by atoms with Crippen LogP contribution < -0.4 is 5.56 Å². The number of nitrogens with one attached hydrogen (secondary N) is 1. The van der Waals surface area contributed by atoms with E-state index in [9.17, 15) is 18.7 Å². The van der Waals surface area contributed by atoms with Gasteiger partial charge in [0.2, 0.25) is 5.88 Å². The summed E-state index contributed by atoms with van der Waals surface area (Å²) in [5.41, 5.74) is 0.432. The predicted octanol–water partition coefficient (Wildman–Crippen LogP) is 3.50. The van der Waals surface area contributed by atoms with Crippen molar-refractivity contribution in [3.8, 4) is 11.6 Å². The van der Waals surface area contributed by atoms with Crippen LogP contribution in [0.2, 0.25) is 0 Å². The van der Waals surface area contributed by atoms with Gasteiger partial charge in [-0.1, -0.05) is 12.1 Å². The molecule has 2 N–H and O–H groups in total. The van der Waals surface area contributed by atoms with Crippen LogP contribution in [-0.4, -0.2) is 20.9 Å². The van der Waals surface area contributed by atoms with E-state index in [1.54, 1.807) is 12.1 Å². The molecule has 0 spiro atoms. The van der Waals surface area contributed by atoms with Gasteiger partial charge in [-0.15, -0.1) is 0 Å². The van der Waals surface area contributed by atoms with Gasteiger partial charge in [0.25, 0.3) is 5.56 Å². The Morgan fingerprint density at radius 2 is 1.65 bits per heavy atom. The molecular weight excluding hydrogens is 360 g/mol. The molecule has 0 saturated carbocycles. The highest BCUT2D eigenvalue weighted by Crippen LogP contribution is 2.19. The second kappa shape index (κ2) is 7.40. The maximum absolute atomic E-state index is 13.1. The lowest BCUT2D eigenvalue weighted by atomic mass is 10.2. The first-order valence-corrected chi connectivity index (χ1v) is 7.95. The SMILES string of the molecule is O=c1[nH]c(=S)n(-c2ccc(F)cc2)c(O)c1C=NCc1ccc(F)cc1. The Labute approximate surface area is 151 Å². The molecule has 2 aromatic carbocycles. The molecule has 0 unspecified atom stereocenters. The molecule has 0 fully saturated rings. The minimum absolute atomic E-state index is 0.0326. The first-order valence-electron chi connectivity index (χ1n) is 7.54. The molecule has 1 aromatic heterocycles. The lowest BCUT2D eigenvalue weighted by Gasteiger charge is -2.11. The summed E-state index contributed by atoms with van der Waals surface area (Å²) in [5, 5.41) is 10.4. The van der Waals surface area contributed by atoms with E-state index in [1.165, 1.54) is 47.2 Å². The number of hydrogen-bond acceptors (Lipinski definition) is 4. The summed E-state index contributed by atoms with van der Waals surface area (Å²) in [7, 11) is 0. The number of halogens is 2. The Morgan fingerprint density at radius 1 is 1.08 bits per heavy atom. The molecule has 3 rings (SSSR count). The molecule has 5 nitrogen and oxygen atoms in total. The van der Waals surface area contributed by atoms with Crippen molar-refractivity contribution < 1.29 is 13.9 Å². The summed E-state index contributed by atoms with van der Waals surface area (Å²) >= 11 is 5.08. The zero-order valence-corrected chi connectivity index (χ0v) is 14.1. The van der Waals surface area contributed by atoms with Gasteiger partial charge >= 0.3 is 0 Å². The van der Waals surface area contributed by atoms with Crippen molar-refractivity contribution in [2.24, 2.45) is 4.99 Å². The Balaban J connectivity index is 1.97. The number of H-pyrrole nitrogens is 1. The molecule has 0 aliphatic carbocycles. The standard InChI is InChI=1S/C18H13F2N3O2S/c19-12-3-1-11(2-4-12)9-21-10-15-16(24)22-18(26)23(17(15)25)14-7-5-13(20)6-8-14/h1-8,10,25H,9H2,(H,22,24,26). The van der Waals surface area contributed by atoms with Gasteiger partial charge in [0.15, 0.2) is 4.77 Å². The number of aromatic amines is 1. The van der Waals surface area contributed by atoms with E-state index in [4.69, 9.17) is 12.2 Å². The number of aliphatic imine (C=N–C) groups is 1. The Hall–Kier alpha value is -3.13. The van der Waals surface area contributed by atoms with Gasteiger partial charge in [-0.05, 0) is 54.2 Å². The molecule has 0 aliphatic heterocycles. The summed E-state index contributed by atoms with van der Waals surface area (Å²) < 4.78 is 27.2. The molecule has 0 saturated heterocycles. The summed E-state index contributed by atoms with van der Waals surface area (Å²) in [6.07, 6.45) is 1.21. The largest absolute Gasteiger partial charge is 0.494 e. The predicted molar refractivity (Wildman–Crippen MR) is 96.5 cm³/mol. The van der Waals surface area contributed by atoms with E-state index < -0.39 is 17.3 Å². The van der Waals surface area contributed by atoms with Gasteiger partial charge in [-0.2, -0.15) is 0 Å². The summed E-state index contributed by atoms with van der Waals surface area (Å²) in [5.74, 6) is -1.20. The second-order valence-electron chi connectivity index (χ2n) is 5.40. The monoisotopic (exact) mass is 373 g/mol. The summed E-state index contributed by atoms with van der Waals surface area (Å²) in [6, 6.07) is 11.0. The lowest BCUT2D eigenvalue weighted by molar-refractivity contribution is 0.432. The first-order chi connectivity index (χ1) is 12.5. The number of hydrogen-bond donors (Lipinski definition) is 2. The fourth-order valence-electron chi connectivity index (χ4n) is 2.32. The van der Waals surface area contributed by atoms with Crippen LogP contribution >= 0.6 is 12.2 Å². The van der Waals surface area contributed by atoms with Crippen molar-refractivity contribution in [2.45, 2.75) is 6.54 Å². The fraction of sp³-hybridized carbons (Fsp3) is 0.0556. The molecule has 0 amide bonds. The van der Waals surface area contributed by atoms with Gasteiger partial charge in [-0.25, -0.2) is 8.78 Å². The molecule has 0 bridgehead atoms. The van der Waals surface area contributed by atoms with Crippen LogP contribution in [0.5, 0.6) is 5.88 Å². The molecule has 132 valence electrons. The molecular formula is C18H13F2N3O2S. The maximum atomic E-state index is 13.1. The molecule has 0 radical (unpaired) electrons. The van der Waals surface area contributed by atoms with E-state index in [2.05, 4.69) is 9.98 Å². The zero-order valence-electron chi connectivity index (χ0n) is 13.3.